The maximum absolute atomic E-state index is 15.2. The molecule has 0 bridgehead atoms. The minimum absolute atomic E-state index is 0.00619. The topological polar surface area (TPSA) is 36.9 Å². The summed E-state index contributed by atoms with van der Waals surface area (Å²) in [7, 11) is 0. The Hall–Kier alpha value is -2.82. The van der Waals surface area contributed by atoms with E-state index in [1.807, 2.05) is 0 Å². The number of ether oxygens (including phenoxy) is 4. The maximum atomic E-state index is 15.2. The van der Waals surface area contributed by atoms with Crippen LogP contribution in [0.5, 0.6) is 5.75 Å². The van der Waals surface area contributed by atoms with Crippen LogP contribution >= 0.6 is 0 Å². The lowest BCUT2D eigenvalue weighted by atomic mass is 9.98. The van der Waals surface area contributed by atoms with Crippen LogP contribution in [-0.2, 0) is 27.1 Å². The van der Waals surface area contributed by atoms with Gasteiger partial charge in [0.1, 0.15) is 11.9 Å². The smallest absolute Gasteiger partial charge is 0.399 e. The van der Waals surface area contributed by atoms with Gasteiger partial charge in [0, 0.05) is 17.6 Å². The van der Waals surface area contributed by atoms with Gasteiger partial charge in [-0.15, -0.1) is 13.2 Å². The van der Waals surface area contributed by atoms with Crippen LogP contribution in [0.15, 0.2) is 42.5 Å². The van der Waals surface area contributed by atoms with E-state index in [0.29, 0.717) is 36.2 Å². The van der Waals surface area contributed by atoms with Crippen LogP contribution in [0.2, 0.25) is 0 Å². The Morgan fingerprint density at radius 3 is 2.26 bits per heavy atom. The molecule has 0 aliphatic carbocycles. The minimum atomic E-state index is -5.23. The Morgan fingerprint density at radius 1 is 0.872 bits per heavy atom. The van der Waals surface area contributed by atoms with Crippen molar-refractivity contribution in [3.8, 4) is 5.75 Å². The third-order valence-electron chi connectivity index (χ3n) is 6.51. The fraction of sp³-hybridized carbons (Fsp3) is 0.448. The second-order valence-corrected chi connectivity index (χ2v) is 9.51. The molecule has 1 fully saturated rings. The molecule has 1 aliphatic rings. The number of hydrogen-bond donors (Lipinski definition) is 0. The Balaban J connectivity index is 1.36. The van der Waals surface area contributed by atoms with Crippen molar-refractivity contribution in [2.75, 3.05) is 19.8 Å². The van der Waals surface area contributed by atoms with Crippen LogP contribution < -0.4 is 4.74 Å². The molecule has 1 saturated heterocycles. The molecule has 10 heteroatoms. The molecule has 1 aliphatic heterocycles. The Kier molecular flexibility index (Phi) is 9.74. The largest absolute Gasteiger partial charge is 0.573 e. The zero-order valence-electron chi connectivity index (χ0n) is 21.5. The molecule has 0 aromatic heterocycles. The van der Waals surface area contributed by atoms with Gasteiger partial charge < -0.3 is 18.9 Å². The minimum Gasteiger partial charge on any atom is -0.399 e. The first-order valence-corrected chi connectivity index (χ1v) is 12.9. The van der Waals surface area contributed by atoms with Crippen LogP contribution in [0.25, 0.3) is 10.8 Å². The summed E-state index contributed by atoms with van der Waals surface area (Å²) in [5.41, 5.74) is 1.11. The number of alkyl halides is 3. The molecular weight excluding hydrogens is 526 g/mol. The highest BCUT2D eigenvalue weighted by Crippen LogP contribution is 2.31. The lowest BCUT2D eigenvalue weighted by Gasteiger charge is -2.29. The average Bonchev–Trinajstić information content (AvgIpc) is 2.90. The van der Waals surface area contributed by atoms with E-state index in [4.69, 9.17) is 14.2 Å². The summed E-state index contributed by atoms with van der Waals surface area (Å²) in [6.07, 6.45) is -1.37. The van der Waals surface area contributed by atoms with E-state index < -0.39 is 35.9 Å². The zero-order valence-corrected chi connectivity index (χ0v) is 21.5. The van der Waals surface area contributed by atoms with Gasteiger partial charge in [0.15, 0.2) is 17.9 Å². The second kappa shape index (κ2) is 13.0. The quantitative estimate of drug-likeness (QED) is 0.177. The highest BCUT2D eigenvalue weighted by Gasteiger charge is 2.34. The molecule has 3 aromatic rings. The van der Waals surface area contributed by atoms with E-state index in [-0.39, 0.29) is 24.5 Å². The molecule has 3 aromatic carbocycles. The van der Waals surface area contributed by atoms with Crippen molar-refractivity contribution in [3.63, 3.8) is 0 Å². The molecule has 0 spiro atoms. The molecule has 4 rings (SSSR count). The van der Waals surface area contributed by atoms with Crippen LogP contribution in [0.3, 0.4) is 0 Å². The number of halogens is 6. The standard InChI is InChI=1S/C29H30F6O4/c1-2-3-4-5-12-36-22-16-37-28(38-17-22)21-10-11-23-20(15-21)9-8-19(26(23)32)7-6-18-13-24(30)27(25(31)14-18)39-29(33,34)35/h8-11,13-15,22,28H,2-7,12,16-17H2,1H3. The van der Waals surface area contributed by atoms with Gasteiger partial charge in [-0.1, -0.05) is 50.5 Å². The average molecular weight is 557 g/mol. The molecule has 212 valence electrons. The molecule has 39 heavy (non-hydrogen) atoms. The first-order chi connectivity index (χ1) is 18.6. The van der Waals surface area contributed by atoms with Gasteiger partial charge in [0.2, 0.25) is 5.75 Å². The normalized spacial score (nSPS) is 18.0. The summed E-state index contributed by atoms with van der Waals surface area (Å²) in [5.74, 6) is -4.97. The summed E-state index contributed by atoms with van der Waals surface area (Å²) in [4.78, 5) is 0. The molecule has 0 N–H and O–H groups in total. The fourth-order valence-electron chi connectivity index (χ4n) is 4.50. The number of rotatable bonds is 11. The monoisotopic (exact) mass is 556 g/mol. The van der Waals surface area contributed by atoms with E-state index >= 15 is 4.39 Å². The second-order valence-electron chi connectivity index (χ2n) is 9.51. The van der Waals surface area contributed by atoms with Gasteiger partial charge in [-0.25, -0.2) is 13.2 Å². The fourth-order valence-corrected chi connectivity index (χ4v) is 4.50. The summed E-state index contributed by atoms with van der Waals surface area (Å²) < 4.78 is 101. The molecule has 0 atom stereocenters. The zero-order chi connectivity index (χ0) is 28.0. The summed E-state index contributed by atoms with van der Waals surface area (Å²) in [6, 6.07) is 9.92. The highest BCUT2D eigenvalue weighted by atomic mass is 19.4. The van der Waals surface area contributed by atoms with Gasteiger partial charge >= 0.3 is 6.36 Å². The van der Waals surface area contributed by atoms with Crippen molar-refractivity contribution in [2.24, 2.45) is 0 Å². The van der Waals surface area contributed by atoms with E-state index in [1.165, 1.54) is 6.42 Å². The van der Waals surface area contributed by atoms with E-state index in [0.717, 1.165) is 37.0 Å². The predicted molar refractivity (Wildman–Crippen MR) is 133 cm³/mol. The van der Waals surface area contributed by atoms with Crippen LogP contribution in [-0.4, -0.2) is 32.3 Å². The predicted octanol–water partition coefficient (Wildman–Crippen LogP) is 7.95. The van der Waals surface area contributed by atoms with Crippen molar-refractivity contribution in [2.45, 2.75) is 64.2 Å². The van der Waals surface area contributed by atoms with Gasteiger partial charge in [-0.3, -0.25) is 0 Å². The summed E-state index contributed by atoms with van der Waals surface area (Å²) in [5, 5.41) is 0.979. The molecule has 0 radical (unpaired) electrons. The van der Waals surface area contributed by atoms with Crippen molar-refractivity contribution < 1.29 is 45.3 Å². The molecular formula is C29H30F6O4. The van der Waals surface area contributed by atoms with Gasteiger partial charge in [-0.05, 0) is 54.0 Å². The van der Waals surface area contributed by atoms with E-state index in [1.54, 1.807) is 30.3 Å². The third-order valence-corrected chi connectivity index (χ3v) is 6.51. The first kappa shape index (κ1) is 29.2. The van der Waals surface area contributed by atoms with Crippen molar-refractivity contribution >= 4 is 10.8 Å². The lowest BCUT2D eigenvalue weighted by Crippen LogP contribution is -2.33. The van der Waals surface area contributed by atoms with E-state index in [9.17, 15) is 22.0 Å². The third kappa shape index (κ3) is 7.86. The van der Waals surface area contributed by atoms with Crippen molar-refractivity contribution in [3.05, 3.63) is 76.6 Å². The molecule has 4 nitrogen and oxygen atoms in total. The highest BCUT2D eigenvalue weighted by molar-refractivity contribution is 5.84. The first-order valence-electron chi connectivity index (χ1n) is 12.9. The van der Waals surface area contributed by atoms with Crippen molar-refractivity contribution in [1.82, 2.24) is 0 Å². The van der Waals surface area contributed by atoms with Crippen LogP contribution in [0.4, 0.5) is 26.3 Å². The van der Waals surface area contributed by atoms with Crippen molar-refractivity contribution in [1.29, 1.82) is 0 Å². The number of aryl methyl sites for hydroxylation is 2. The summed E-state index contributed by atoms with van der Waals surface area (Å²) >= 11 is 0. The number of fused-ring (bicyclic) bond motifs is 1. The van der Waals surface area contributed by atoms with Crippen LogP contribution in [0.1, 0.15) is 55.6 Å². The van der Waals surface area contributed by atoms with Crippen LogP contribution in [0, 0.1) is 17.5 Å². The van der Waals surface area contributed by atoms with Gasteiger partial charge in [0.25, 0.3) is 0 Å². The lowest BCUT2D eigenvalue weighted by molar-refractivity contribution is -0.276. The Labute approximate surface area is 222 Å². The van der Waals surface area contributed by atoms with E-state index in [2.05, 4.69) is 11.7 Å². The Morgan fingerprint density at radius 2 is 1.59 bits per heavy atom. The summed E-state index contributed by atoms with van der Waals surface area (Å²) in [6.45, 7) is 3.62. The molecule has 0 unspecified atom stereocenters. The molecule has 0 amide bonds. The molecule has 1 heterocycles. The van der Waals surface area contributed by atoms with Gasteiger partial charge in [0.05, 0.1) is 13.2 Å². The number of unbranched alkanes of at least 4 members (excludes halogenated alkanes) is 3. The number of hydrogen-bond acceptors (Lipinski definition) is 4. The number of benzene rings is 3. The molecule has 0 saturated carbocycles. The Bertz CT molecular complexity index is 1230. The maximum Gasteiger partial charge on any atom is 0.573 e. The SMILES string of the molecule is CCCCCCOC1COC(c2ccc3c(F)c(CCc4cc(F)c(OC(F)(F)F)c(F)c4)ccc3c2)OC1. The van der Waals surface area contributed by atoms with Gasteiger partial charge in [-0.2, -0.15) is 0 Å².